The van der Waals surface area contributed by atoms with Crippen molar-refractivity contribution in [2.75, 3.05) is 26.8 Å². The summed E-state index contributed by atoms with van der Waals surface area (Å²) in [7, 11) is 1.61. The highest BCUT2D eigenvalue weighted by molar-refractivity contribution is 6.40. The number of hydrogen-bond acceptors (Lipinski definition) is 5. The van der Waals surface area contributed by atoms with Gasteiger partial charge in [0.15, 0.2) is 0 Å². The number of Topliss-reactive ketones (excluding diaryl/α,β-unsaturated/α-hetero) is 1. The van der Waals surface area contributed by atoms with Crippen molar-refractivity contribution >= 4 is 11.8 Å². The second-order valence-electron chi connectivity index (χ2n) is 5.41. The average molecular weight is 305 g/mol. The molecule has 1 saturated heterocycles. The molecular formula is C17H23NO4. The fraction of sp³-hybridized carbons (Fsp3) is 0.529. The molecule has 1 fully saturated rings. The molecule has 1 aliphatic rings. The molecule has 1 heterocycles. The van der Waals surface area contributed by atoms with E-state index in [1.165, 1.54) is 19.3 Å². The van der Waals surface area contributed by atoms with Crippen LogP contribution in [0.1, 0.15) is 42.1 Å². The van der Waals surface area contributed by atoms with Crippen LogP contribution in [-0.4, -0.2) is 43.5 Å². The zero-order chi connectivity index (χ0) is 15.9. The van der Waals surface area contributed by atoms with Crippen LogP contribution in [0.4, 0.5) is 0 Å². The molecule has 0 saturated carbocycles. The monoisotopic (exact) mass is 305 g/mol. The van der Waals surface area contributed by atoms with Gasteiger partial charge in [0.25, 0.3) is 5.78 Å². The predicted molar refractivity (Wildman–Crippen MR) is 83.1 cm³/mol. The molecule has 0 N–H and O–H groups in total. The number of piperidine rings is 1. The van der Waals surface area contributed by atoms with Gasteiger partial charge in [-0.15, -0.1) is 0 Å². The standard InChI is InChI=1S/C17H23NO4/c1-3-22-17(20)16(19)13-7-8-15(21-2)14(11-13)12-18-9-5-4-6-10-18/h7-8,11H,3-6,9-10,12H2,1-2H3. The lowest BCUT2D eigenvalue weighted by Crippen LogP contribution is -2.29. The van der Waals surface area contributed by atoms with Gasteiger partial charge in [-0.25, -0.2) is 4.79 Å². The van der Waals surface area contributed by atoms with Crippen molar-refractivity contribution in [1.82, 2.24) is 4.90 Å². The van der Waals surface area contributed by atoms with E-state index in [0.717, 1.165) is 30.9 Å². The van der Waals surface area contributed by atoms with Crippen molar-refractivity contribution in [1.29, 1.82) is 0 Å². The van der Waals surface area contributed by atoms with E-state index in [-0.39, 0.29) is 6.61 Å². The third-order valence-corrected chi connectivity index (χ3v) is 3.85. The largest absolute Gasteiger partial charge is 0.496 e. The topological polar surface area (TPSA) is 55.8 Å². The van der Waals surface area contributed by atoms with Gasteiger partial charge < -0.3 is 9.47 Å². The van der Waals surface area contributed by atoms with Crippen LogP contribution in [-0.2, 0) is 16.1 Å². The molecule has 0 spiro atoms. The molecule has 0 aliphatic carbocycles. The van der Waals surface area contributed by atoms with Gasteiger partial charge in [-0.05, 0) is 51.1 Å². The van der Waals surface area contributed by atoms with Crippen molar-refractivity contribution in [3.8, 4) is 5.75 Å². The quantitative estimate of drug-likeness (QED) is 0.459. The molecule has 0 bridgehead atoms. The van der Waals surface area contributed by atoms with Crippen LogP contribution in [0.3, 0.4) is 0 Å². The van der Waals surface area contributed by atoms with Gasteiger partial charge in [-0.3, -0.25) is 9.69 Å². The summed E-state index contributed by atoms with van der Waals surface area (Å²) in [5.41, 5.74) is 1.28. The highest BCUT2D eigenvalue weighted by atomic mass is 16.5. The van der Waals surface area contributed by atoms with E-state index >= 15 is 0 Å². The molecule has 1 aliphatic heterocycles. The van der Waals surface area contributed by atoms with E-state index in [1.807, 2.05) is 0 Å². The van der Waals surface area contributed by atoms with E-state index in [0.29, 0.717) is 5.56 Å². The van der Waals surface area contributed by atoms with Crippen LogP contribution in [0, 0.1) is 0 Å². The van der Waals surface area contributed by atoms with Crippen molar-refractivity contribution in [3.05, 3.63) is 29.3 Å². The summed E-state index contributed by atoms with van der Waals surface area (Å²) >= 11 is 0. The van der Waals surface area contributed by atoms with E-state index in [9.17, 15) is 9.59 Å². The number of carbonyl (C=O) groups is 2. The minimum atomic E-state index is -0.809. The summed E-state index contributed by atoms with van der Waals surface area (Å²) in [5, 5.41) is 0. The molecule has 1 aromatic rings. The van der Waals surface area contributed by atoms with E-state index < -0.39 is 11.8 Å². The number of esters is 1. The van der Waals surface area contributed by atoms with Crippen LogP contribution in [0.5, 0.6) is 5.75 Å². The fourth-order valence-electron chi connectivity index (χ4n) is 2.72. The van der Waals surface area contributed by atoms with E-state index in [2.05, 4.69) is 4.90 Å². The molecule has 2 rings (SSSR count). The van der Waals surface area contributed by atoms with E-state index in [4.69, 9.17) is 9.47 Å². The maximum absolute atomic E-state index is 12.0. The molecule has 120 valence electrons. The number of ether oxygens (including phenoxy) is 2. The Morgan fingerprint density at radius 3 is 2.55 bits per heavy atom. The maximum Gasteiger partial charge on any atom is 0.379 e. The van der Waals surface area contributed by atoms with Gasteiger partial charge in [-0.1, -0.05) is 6.42 Å². The third kappa shape index (κ3) is 4.07. The number of hydrogen-bond donors (Lipinski definition) is 0. The Kier molecular flexibility index (Phi) is 5.95. The van der Waals surface area contributed by atoms with Crippen LogP contribution >= 0.6 is 0 Å². The molecule has 0 atom stereocenters. The minimum absolute atomic E-state index is 0.196. The predicted octanol–water partition coefficient (Wildman–Crippen LogP) is 2.43. The Morgan fingerprint density at radius 1 is 1.18 bits per heavy atom. The summed E-state index contributed by atoms with van der Waals surface area (Å²) in [6, 6.07) is 5.09. The summed E-state index contributed by atoms with van der Waals surface area (Å²) in [5.74, 6) is -0.674. The molecule has 0 aromatic heterocycles. The van der Waals surface area contributed by atoms with Crippen molar-refractivity contribution in [2.45, 2.75) is 32.7 Å². The zero-order valence-electron chi connectivity index (χ0n) is 13.3. The minimum Gasteiger partial charge on any atom is -0.496 e. The van der Waals surface area contributed by atoms with Gasteiger partial charge in [0, 0.05) is 17.7 Å². The molecule has 5 heteroatoms. The molecule has 5 nitrogen and oxygen atoms in total. The summed E-state index contributed by atoms with van der Waals surface area (Å²) < 4.78 is 10.1. The SMILES string of the molecule is CCOC(=O)C(=O)c1ccc(OC)c(CN2CCCCC2)c1. The lowest BCUT2D eigenvalue weighted by atomic mass is 10.0. The molecule has 1 aromatic carbocycles. The smallest absolute Gasteiger partial charge is 0.379 e. The van der Waals surface area contributed by atoms with Crippen molar-refractivity contribution in [2.24, 2.45) is 0 Å². The van der Waals surface area contributed by atoms with Crippen molar-refractivity contribution < 1.29 is 19.1 Å². The zero-order valence-corrected chi connectivity index (χ0v) is 13.3. The highest BCUT2D eigenvalue weighted by Crippen LogP contribution is 2.23. The van der Waals surface area contributed by atoms with Crippen LogP contribution < -0.4 is 4.74 Å². The van der Waals surface area contributed by atoms with Gasteiger partial charge in [-0.2, -0.15) is 0 Å². The fourth-order valence-corrected chi connectivity index (χ4v) is 2.72. The molecule has 22 heavy (non-hydrogen) atoms. The lowest BCUT2D eigenvalue weighted by molar-refractivity contribution is -0.137. The first-order valence-corrected chi connectivity index (χ1v) is 7.76. The number of carbonyl (C=O) groups excluding carboxylic acids is 2. The normalized spacial score (nSPS) is 15.4. The van der Waals surface area contributed by atoms with Crippen LogP contribution in [0.25, 0.3) is 0 Å². The second-order valence-corrected chi connectivity index (χ2v) is 5.41. The highest BCUT2D eigenvalue weighted by Gasteiger charge is 2.20. The summed E-state index contributed by atoms with van der Waals surface area (Å²) in [4.78, 5) is 26.0. The number of rotatable bonds is 6. The first-order chi connectivity index (χ1) is 10.7. The van der Waals surface area contributed by atoms with E-state index in [1.54, 1.807) is 32.2 Å². The first-order valence-electron chi connectivity index (χ1n) is 7.76. The van der Waals surface area contributed by atoms with Crippen LogP contribution in [0.2, 0.25) is 0 Å². The number of ketones is 1. The van der Waals surface area contributed by atoms with Crippen molar-refractivity contribution in [3.63, 3.8) is 0 Å². The Hall–Kier alpha value is -1.88. The number of benzene rings is 1. The Labute approximate surface area is 131 Å². The first kappa shape index (κ1) is 16.5. The Balaban J connectivity index is 2.18. The Morgan fingerprint density at radius 2 is 1.91 bits per heavy atom. The van der Waals surface area contributed by atoms with Crippen LogP contribution in [0.15, 0.2) is 18.2 Å². The lowest BCUT2D eigenvalue weighted by Gasteiger charge is -2.27. The summed E-state index contributed by atoms with van der Waals surface area (Å²) in [6.07, 6.45) is 3.67. The second kappa shape index (κ2) is 7.94. The van der Waals surface area contributed by atoms with Gasteiger partial charge in [0.2, 0.25) is 0 Å². The average Bonchev–Trinajstić information content (AvgIpc) is 2.55. The number of methoxy groups -OCH3 is 1. The van der Waals surface area contributed by atoms with Gasteiger partial charge >= 0.3 is 5.97 Å². The maximum atomic E-state index is 12.0. The molecular weight excluding hydrogens is 282 g/mol. The molecule has 0 radical (unpaired) electrons. The van der Waals surface area contributed by atoms with Gasteiger partial charge in [0.1, 0.15) is 5.75 Å². The third-order valence-electron chi connectivity index (χ3n) is 3.85. The van der Waals surface area contributed by atoms with Gasteiger partial charge in [0.05, 0.1) is 13.7 Å². The number of nitrogens with zero attached hydrogens (tertiary/aromatic N) is 1. The molecule has 0 amide bonds. The number of likely N-dealkylation sites (tertiary alicyclic amines) is 1. The Bertz CT molecular complexity index is 535. The summed E-state index contributed by atoms with van der Waals surface area (Å²) in [6.45, 7) is 4.72. The molecule has 0 unspecified atom stereocenters.